The molecule has 0 saturated carbocycles. The van der Waals surface area contributed by atoms with E-state index in [0.29, 0.717) is 31.5 Å². The Morgan fingerprint density at radius 3 is 2.32 bits per heavy atom. The number of nitrogens with zero attached hydrogens (tertiary/aromatic N) is 3. The van der Waals surface area contributed by atoms with Crippen molar-refractivity contribution in [2.75, 3.05) is 37.6 Å². The normalized spacial score (nSPS) is 20.7. The Morgan fingerprint density at radius 1 is 1.08 bits per heavy atom. The maximum absolute atomic E-state index is 13.0. The quantitative estimate of drug-likeness (QED) is 0.468. The van der Waals surface area contributed by atoms with E-state index >= 15 is 0 Å². The number of carbonyl (C=O) groups is 4. The molecule has 3 rings (SSSR count). The van der Waals surface area contributed by atoms with Crippen molar-refractivity contribution >= 4 is 29.2 Å². The molecule has 0 radical (unpaired) electrons. The minimum absolute atomic E-state index is 0.0221. The predicted molar refractivity (Wildman–Crippen MR) is 142 cm³/mol. The Bertz CT molecular complexity index is 975. The number of aliphatic hydroxyl groups excluding tert-OH is 1. The maximum atomic E-state index is 13.0. The third kappa shape index (κ3) is 6.50. The Hall–Kier alpha value is -2.94. The molecule has 0 bridgehead atoms. The molecule has 4 atom stereocenters. The molecule has 4 unspecified atom stereocenters. The monoisotopic (exact) mass is 514 g/mol. The highest BCUT2D eigenvalue weighted by atomic mass is 16.3. The average Bonchev–Trinajstić information content (AvgIpc) is 3.45. The van der Waals surface area contributed by atoms with Crippen LogP contribution in [0.5, 0.6) is 0 Å². The number of rotatable bonds is 11. The van der Waals surface area contributed by atoms with Gasteiger partial charge in [0.15, 0.2) is 5.78 Å². The smallest absolute Gasteiger partial charge is 0.252 e. The van der Waals surface area contributed by atoms with Crippen LogP contribution in [-0.4, -0.2) is 89.3 Å². The number of amides is 3. The highest BCUT2D eigenvalue weighted by molar-refractivity contribution is 5.98. The van der Waals surface area contributed by atoms with E-state index in [0.717, 1.165) is 18.8 Å². The van der Waals surface area contributed by atoms with Crippen LogP contribution in [0.3, 0.4) is 0 Å². The van der Waals surface area contributed by atoms with Crippen LogP contribution in [0.2, 0.25) is 0 Å². The highest BCUT2D eigenvalue weighted by Gasteiger charge is 2.52. The first-order valence-corrected chi connectivity index (χ1v) is 13.5. The molecule has 2 aliphatic heterocycles. The van der Waals surface area contributed by atoms with E-state index in [1.807, 2.05) is 31.2 Å². The first-order chi connectivity index (χ1) is 17.6. The van der Waals surface area contributed by atoms with Gasteiger partial charge in [0.1, 0.15) is 12.1 Å². The van der Waals surface area contributed by atoms with E-state index in [1.165, 1.54) is 4.90 Å². The Kier molecular flexibility index (Phi) is 9.70. The number of ketones is 1. The summed E-state index contributed by atoms with van der Waals surface area (Å²) in [5.74, 6) is -1.05. The average molecular weight is 515 g/mol. The number of hydrogen-bond acceptors (Lipinski definition) is 6. The lowest BCUT2D eigenvalue weighted by atomic mass is 10.0. The van der Waals surface area contributed by atoms with Crippen LogP contribution < -0.4 is 10.2 Å². The summed E-state index contributed by atoms with van der Waals surface area (Å²) in [5.41, 5.74) is 1.69. The third-order valence-electron chi connectivity index (χ3n) is 7.61. The van der Waals surface area contributed by atoms with Gasteiger partial charge in [0, 0.05) is 43.9 Å². The Labute approximate surface area is 220 Å². The summed E-state index contributed by atoms with van der Waals surface area (Å²) in [6, 6.07) is 6.57. The van der Waals surface area contributed by atoms with Gasteiger partial charge in [-0.05, 0) is 62.8 Å². The molecular formula is C28H42N4O5. The number of carbonyl (C=O) groups excluding carboxylic acids is 4. The highest BCUT2D eigenvalue weighted by Crippen LogP contribution is 2.31. The number of anilines is 1. The summed E-state index contributed by atoms with van der Waals surface area (Å²) in [7, 11) is 0. The minimum Gasteiger partial charge on any atom is -0.383 e. The maximum Gasteiger partial charge on any atom is 0.252 e. The summed E-state index contributed by atoms with van der Waals surface area (Å²) in [5, 5.41) is 13.1. The first-order valence-electron chi connectivity index (χ1n) is 13.5. The van der Waals surface area contributed by atoms with Crippen molar-refractivity contribution in [3.63, 3.8) is 0 Å². The van der Waals surface area contributed by atoms with Crippen molar-refractivity contribution in [2.24, 2.45) is 11.8 Å². The molecule has 2 saturated heterocycles. The lowest BCUT2D eigenvalue weighted by Crippen LogP contribution is -2.46. The lowest BCUT2D eigenvalue weighted by molar-refractivity contribution is -0.144. The zero-order chi connectivity index (χ0) is 27.3. The van der Waals surface area contributed by atoms with Gasteiger partial charge < -0.3 is 25.1 Å². The molecule has 37 heavy (non-hydrogen) atoms. The number of likely N-dealkylation sites (tertiary alicyclic amines) is 2. The van der Waals surface area contributed by atoms with Gasteiger partial charge in [-0.2, -0.15) is 0 Å². The van der Waals surface area contributed by atoms with Gasteiger partial charge in [-0.3, -0.25) is 19.2 Å². The Morgan fingerprint density at radius 2 is 1.73 bits per heavy atom. The van der Waals surface area contributed by atoms with Gasteiger partial charge in [0.25, 0.3) is 11.8 Å². The van der Waals surface area contributed by atoms with E-state index < -0.39 is 18.1 Å². The summed E-state index contributed by atoms with van der Waals surface area (Å²) in [4.78, 5) is 56.2. The zero-order valence-corrected chi connectivity index (χ0v) is 22.8. The van der Waals surface area contributed by atoms with Crippen molar-refractivity contribution in [1.29, 1.82) is 0 Å². The van der Waals surface area contributed by atoms with Crippen molar-refractivity contribution in [3.05, 3.63) is 29.8 Å². The van der Waals surface area contributed by atoms with E-state index in [4.69, 9.17) is 0 Å². The summed E-state index contributed by atoms with van der Waals surface area (Å²) >= 11 is 0. The van der Waals surface area contributed by atoms with Crippen LogP contribution in [0.25, 0.3) is 0 Å². The van der Waals surface area contributed by atoms with E-state index in [1.54, 1.807) is 18.7 Å². The third-order valence-corrected chi connectivity index (χ3v) is 7.61. The molecule has 9 nitrogen and oxygen atoms in total. The number of nitrogens with one attached hydrogen (secondary N) is 1. The van der Waals surface area contributed by atoms with E-state index in [9.17, 15) is 24.3 Å². The molecule has 2 aliphatic rings. The predicted octanol–water partition coefficient (Wildman–Crippen LogP) is 2.08. The molecule has 0 aliphatic carbocycles. The second-order valence-corrected chi connectivity index (χ2v) is 10.6. The number of fused-ring (bicyclic) bond motifs is 1. The van der Waals surface area contributed by atoms with Gasteiger partial charge in [-0.25, -0.2) is 0 Å². The zero-order valence-electron chi connectivity index (χ0n) is 22.8. The van der Waals surface area contributed by atoms with Gasteiger partial charge in [0.05, 0.1) is 12.6 Å². The van der Waals surface area contributed by atoms with Crippen molar-refractivity contribution < 1.29 is 24.3 Å². The number of hydrogen-bond donors (Lipinski definition) is 2. The fraction of sp³-hybridized carbons (Fsp3) is 0.643. The van der Waals surface area contributed by atoms with E-state index in [2.05, 4.69) is 24.1 Å². The molecular weight excluding hydrogens is 472 g/mol. The van der Waals surface area contributed by atoms with Gasteiger partial charge >= 0.3 is 0 Å². The molecule has 0 spiro atoms. The molecule has 0 aromatic heterocycles. The van der Waals surface area contributed by atoms with Crippen molar-refractivity contribution in [1.82, 2.24) is 15.1 Å². The SMILES string of the molecule is CCN(CC)c1ccc(C(=O)NCCC(C)CC(=O)N2CCC3C2C(=O)CN3C(=O)C(O)C(C)C)cc1. The summed E-state index contributed by atoms with van der Waals surface area (Å²) < 4.78 is 0. The van der Waals surface area contributed by atoms with Crippen LogP contribution >= 0.6 is 0 Å². The second kappa shape index (κ2) is 12.5. The molecule has 1 aromatic carbocycles. The fourth-order valence-electron chi connectivity index (χ4n) is 5.31. The molecule has 2 N–H and O–H groups in total. The fourth-order valence-corrected chi connectivity index (χ4v) is 5.31. The molecule has 1 aromatic rings. The summed E-state index contributed by atoms with van der Waals surface area (Å²) in [6.07, 6.45) is 0.298. The van der Waals surface area contributed by atoms with Crippen LogP contribution in [0.1, 0.15) is 64.2 Å². The van der Waals surface area contributed by atoms with Gasteiger partial charge in [0.2, 0.25) is 5.91 Å². The van der Waals surface area contributed by atoms with Crippen LogP contribution in [0.15, 0.2) is 24.3 Å². The standard InChI is InChI=1S/C28H42N4O5/c1-6-30(7-2)21-10-8-20(9-11-21)27(36)29-14-12-19(5)16-24(34)31-15-13-22-25(31)23(33)17-32(22)28(37)26(35)18(3)4/h8-11,18-19,22,25-26,35H,6-7,12-17H2,1-5H3,(H,29,36). The molecule has 9 heteroatoms. The molecule has 2 fully saturated rings. The van der Waals surface area contributed by atoms with Crippen LogP contribution in [0.4, 0.5) is 5.69 Å². The summed E-state index contributed by atoms with van der Waals surface area (Å²) in [6.45, 7) is 12.3. The molecule has 3 amide bonds. The number of Topliss-reactive ketones (excluding diaryl/α,β-unsaturated/α-hetero) is 1. The lowest BCUT2D eigenvalue weighted by Gasteiger charge is -2.27. The number of benzene rings is 1. The minimum atomic E-state index is -1.15. The second-order valence-electron chi connectivity index (χ2n) is 10.6. The van der Waals surface area contributed by atoms with Crippen LogP contribution in [-0.2, 0) is 14.4 Å². The molecule has 2 heterocycles. The first kappa shape index (κ1) is 28.6. The van der Waals surface area contributed by atoms with Crippen molar-refractivity contribution in [2.45, 2.75) is 72.1 Å². The van der Waals surface area contributed by atoms with Gasteiger partial charge in [-0.1, -0.05) is 20.8 Å². The topological polar surface area (TPSA) is 110 Å². The van der Waals surface area contributed by atoms with Crippen molar-refractivity contribution in [3.8, 4) is 0 Å². The number of aliphatic hydroxyl groups is 1. The van der Waals surface area contributed by atoms with Gasteiger partial charge in [-0.15, -0.1) is 0 Å². The Balaban J connectivity index is 1.47. The van der Waals surface area contributed by atoms with Crippen LogP contribution in [0, 0.1) is 11.8 Å². The largest absolute Gasteiger partial charge is 0.383 e. The molecule has 204 valence electrons. The van der Waals surface area contributed by atoms with E-state index in [-0.39, 0.29) is 48.4 Å².